The Morgan fingerprint density at radius 3 is 1.92 bits per heavy atom. The monoisotopic (exact) mass is 182 g/mol. The van der Waals surface area contributed by atoms with Gasteiger partial charge >= 0.3 is 5.97 Å². The van der Waals surface area contributed by atoms with E-state index in [1.54, 1.807) is 0 Å². The Hall–Kier alpha value is -0.690. The zero-order valence-electron chi connectivity index (χ0n) is 7.66. The third kappa shape index (κ3) is 9.31. The molecule has 5 N–H and O–H groups in total. The first-order chi connectivity index (χ1) is 4.54. The van der Waals surface area contributed by atoms with Crippen LogP contribution in [0.25, 0.3) is 0 Å². The summed E-state index contributed by atoms with van der Waals surface area (Å²) < 4.78 is 0. The van der Waals surface area contributed by atoms with Crippen LogP contribution in [0, 0.1) is 0 Å². The van der Waals surface area contributed by atoms with Crippen LogP contribution in [0.4, 0.5) is 0 Å². The molecule has 6 heteroatoms. The SMILES string of the molecule is CN(C)N(C)CCC(=O)O.O.O. The predicted molar refractivity (Wildman–Crippen MR) is 45.8 cm³/mol. The second kappa shape index (κ2) is 8.41. The topological polar surface area (TPSA) is 107 Å². The van der Waals surface area contributed by atoms with Crippen molar-refractivity contribution < 1.29 is 20.9 Å². The van der Waals surface area contributed by atoms with Crippen LogP contribution in [0.1, 0.15) is 6.42 Å². The minimum absolute atomic E-state index is 0. The minimum atomic E-state index is -0.756. The zero-order chi connectivity index (χ0) is 8.15. The van der Waals surface area contributed by atoms with Gasteiger partial charge in [0, 0.05) is 27.7 Å². The van der Waals surface area contributed by atoms with E-state index in [4.69, 9.17) is 5.11 Å². The third-order valence-corrected chi connectivity index (χ3v) is 1.33. The van der Waals surface area contributed by atoms with E-state index in [2.05, 4.69) is 0 Å². The molecule has 0 radical (unpaired) electrons. The quantitative estimate of drug-likeness (QED) is 0.518. The molecule has 0 bridgehead atoms. The first-order valence-electron chi connectivity index (χ1n) is 3.14. The molecule has 0 heterocycles. The number of aliphatic carboxylic acids is 1. The van der Waals surface area contributed by atoms with Gasteiger partial charge in [0.1, 0.15) is 0 Å². The maximum absolute atomic E-state index is 10.1. The van der Waals surface area contributed by atoms with Crippen molar-refractivity contribution in [3.05, 3.63) is 0 Å². The summed E-state index contributed by atoms with van der Waals surface area (Å²) in [6, 6.07) is 0. The summed E-state index contributed by atoms with van der Waals surface area (Å²) in [5, 5.41) is 12.0. The van der Waals surface area contributed by atoms with E-state index in [0.29, 0.717) is 6.54 Å². The zero-order valence-corrected chi connectivity index (χ0v) is 7.66. The van der Waals surface area contributed by atoms with Crippen molar-refractivity contribution in [2.75, 3.05) is 27.7 Å². The largest absolute Gasteiger partial charge is 0.481 e. The summed E-state index contributed by atoms with van der Waals surface area (Å²) in [5.41, 5.74) is 0. The highest BCUT2D eigenvalue weighted by Crippen LogP contribution is 1.88. The van der Waals surface area contributed by atoms with Crippen LogP contribution >= 0.6 is 0 Å². The van der Waals surface area contributed by atoms with Gasteiger partial charge in [0.15, 0.2) is 0 Å². The van der Waals surface area contributed by atoms with Crippen LogP contribution in [-0.2, 0) is 4.79 Å². The molecule has 76 valence electrons. The van der Waals surface area contributed by atoms with Crippen molar-refractivity contribution in [1.29, 1.82) is 0 Å². The van der Waals surface area contributed by atoms with E-state index < -0.39 is 5.97 Å². The summed E-state index contributed by atoms with van der Waals surface area (Å²) in [6.07, 6.45) is 0.189. The van der Waals surface area contributed by atoms with E-state index in [1.165, 1.54) is 0 Å². The Balaban J connectivity index is -0.000000405. The minimum Gasteiger partial charge on any atom is -0.481 e. The predicted octanol–water partition coefficient (Wildman–Crippen LogP) is -1.78. The van der Waals surface area contributed by atoms with Crippen molar-refractivity contribution in [3.8, 4) is 0 Å². The van der Waals surface area contributed by atoms with E-state index >= 15 is 0 Å². The Morgan fingerprint density at radius 1 is 1.25 bits per heavy atom. The van der Waals surface area contributed by atoms with Crippen LogP contribution in [0.15, 0.2) is 0 Å². The maximum Gasteiger partial charge on any atom is 0.304 e. The van der Waals surface area contributed by atoms with Crippen molar-refractivity contribution >= 4 is 5.97 Å². The number of carboxylic acids is 1. The smallest absolute Gasteiger partial charge is 0.304 e. The molecule has 0 rings (SSSR count). The van der Waals surface area contributed by atoms with E-state index in [9.17, 15) is 4.79 Å². The second-order valence-corrected chi connectivity index (χ2v) is 2.37. The van der Waals surface area contributed by atoms with Crippen molar-refractivity contribution in [2.45, 2.75) is 6.42 Å². The molecular formula is C6H18N2O4. The van der Waals surface area contributed by atoms with Crippen molar-refractivity contribution in [1.82, 2.24) is 10.0 Å². The molecule has 0 fully saturated rings. The van der Waals surface area contributed by atoms with E-state index in [1.807, 2.05) is 31.2 Å². The maximum atomic E-state index is 10.1. The molecule has 0 saturated heterocycles. The highest BCUT2D eigenvalue weighted by Gasteiger charge is 2.02. The average Bonchev–Trinajstić information content (AvgIpc) is 1.82. The number of carbonyl (C=O) groups is 1. The first kappa shape index (κ1) is 17.4. The number of carboxylic acid groups (broad SMARTS) is 1. The van der Waals surface area contributed by atoms with Crippen LogP contribution in [0.3, 0.4) is 0 Å². The molecule has 0 spiro atoms. The number of hydrogen-bond donors (Lipinski definition) is 1. The molecule has 0 aliphatic carbocycles. The fourth-order valence-electron chi connectivity index (χ4n) is 0.457. The lowest BCUT2D eigenvalue weighted by Gasteiger charge is -2.22. The molecule has 0 amide bonds. The van der Waals surface area contributed by atoms with Crippen molar-refractivity contribution in [3.63, 3.8) is 0 Å². The molecule has 0 saturated carbocycles. The Kier molecular flexibility index (Phi) is 12.2. The van der Waals surface area contributed by atoms with E-state index in [-0.39, 0.29) is 17.4 Å². The fourth-order valence-corrected chi connectivity index (χ4v) is 0.457. The third-order valence-electron chi connectivity index (χ3n) is 1.33. The lowest BCUT2D eigenvalue weighted by Crippen LogP contribution is -2.34. The molecule has 0 atom stereocenters. The lowest BCUT2D eigenvalue weighted by molar-refractivity contribution is -0.138. The molecule has 0 aromatic rings. The summed E-state index contributed by atoms with van der Waals surface area (Å²) in [5.74, 6) is -0.756. The highest BCUT2D eigenvalue weighted by atomic mass is 16.4. The van der Waals surface area contributed by atoms with Gasteiger partial charge in [-0.15, -0.1) is 0 Å². The van der Waals surface area contributed by atoms with Gasteiger partial charge in [-0.25, -0.2) is 10.0 Å². The Morgan fingerprint density at radius 2 is 1.67 bits per heavy atom. The van der Waals surface area contributed by atoms with Gasteiger partial charge in [0.25, 0.3) is 0 Å². The van der Waals surface area contributed by atoms with E-state index in [0.717, 1.165) is 0 Å². The summed E-state index contributed by atoms with van der Waals surface area (Å²) >= 11 is 0. The summed E-state index contributed by atoms with van der Waals surface area (Å²) in [4.78, 5) is 10.1. The normalized spacial score (nSPS) is 9.08. The second-order valence-electron chi connectivity index (χ2n) is 2.37. The molecule has 0 aliphatic rings. The van der Waals surface area contributed by atoms with Gasteiger partial charge in [-0.1, -0.05) is 0 Å². The van der Waals surface area contributed by atoms with Crippen LogP contribution in [0.5, 0.6) is 0 Å². The van der Waals surface area contributed by atoms with Crippen LogP contribution < -0.4 is 0 Å². The van der Waals surface area contributed by atoms with Crippen LogP contribution in [0.2, 0.25) is 0 Å². The molecule has 0 aliphatic heterocycles. The van der Waals surface area contributed by atoms with Gasteiger partial charge < -0.3 is 16.1 Å². The molecule has 0 aromatic heterocycles. The number of hydrogen-bond acceptors (Lipinski definition) is 3. The number of rotatable bonds is 4. The molecule has 0 unspecified atom stereocenters. The highest BCUT2D eigenvalue weighted by molar-refractivity contribution is 5.66. The molecule has 0 aromatic carbocycles. The number of hydrazine groups is 1. The Bertz CT molecular complexity index is 118. The van der Waals surface area contributed by atoms with Gasteiger partial charge in [-0.2, -0.15) is 0 Å². The summed E-state index contributed by atoms with van der Waals surface area (Å²) in [7, 11) is 5.60. The van der Waals surface area contributed by atoms with Crippen molar-refractivity contribution in [2.24, 2.45) is 0 Å². The Labute approximate surface area is 72.0 Å². The number of nitrogens with zero attached hydrogens (tertiary/aromatic N) is 2. The van der Waals surface area contributed by atoms with Gasteiger partial charge in [0.2, 0.25) is 0 Å². The van der Waals surface area contributed by atoms with Crippen LogP contribution in [-0.4, -0.2) is 59.7 Å². The first-order valence-corrected chi connectivity index (χ1v) is 3.14. The molecule has 12 heavy (non-hydrogen) atoms. The summed E-state index contributed by atoms with van der Waals surface area (Å²) in [6.45, 7) is 0.558. The van der Waals surface area contributed by atoms with Gasteiger partial charge in [0.05, 0.1) is 6.42 Å². The molecular weight excluding hydrogens is 164 g/mol. The van der Waals surface area contributed by atoms with Gasteiger partial charge in [-0.05, 0) is 0 Å². The average molecular weight is 182 g/mol. The molecule has 6 nitrogen and oxygen atoms in total. The van der Waals surface area contributed by atoms with Gasteiger partial charge in [-0.3, -0.25) is 4.79 Å². The standard InChI is InChI=1S/C6H14N2O2.2H2O/c1-7(2)8(3)5-4-6(9)10;;/h4-5H2,1-3H3,(H,9,10);2*1H2. The lowest BCUT2D eigenvalue weighted by atomic mass is 10.4. The fraction of sp³-hybridized carbons (Fsp3) is 0.833.